The summed E-state index contributed by atoms with van der Waals surface area (Å²) in [5.74, 6) is 1.86. The maximum absolute atomic E-state index is 11.0. The van der Waals surface area contributed by atoms with Gasteiger partial charge in [-0.25, -0.2) is 0 Å². The van der Waals surface area contributed by atoms with Crippen molar-refractivity contribution >= 4 is 5.78 Å². The van der Waals surface area contributed by atoms with E-state index in [1.165, 1.54) is 19.3 Å². The first-order chi connectivity index (χ1) is 5.24. The topological polar surface area (TPSA) is 17.1 Å². The van der Waals surface area contributed by atoms with Crippen LogP contribution in [-0.2, 0) is 4.79 Å². The van der Waals surface area contributed by atoms with Gasteiger partial charge in [0.05, 0.1) is 0 Å². The van der Waals surface area contributed by atoms with Crippen molar-refractivity contribution in [1.29, 1.82) is 0 Å². The van der Waals surface area contributed by atoms with E-state index in [4.69, 9.17) is 0 Å². The summed E-state index contributed by atoms with van der Waals surface area (Å²) in [5, 5.41) is 0. The molecule has 0 aromatic heterocycles. The minimum atomic E-state index is 0.485. The number of Topliss-reactive ketones (excluding diaryl/α,β-unsaturated/α-hetero) is 1. The fourth-order valence-electron chi connectivity index (χ4n) is 1.96. The van der Waals surface area contributed by atoms with Gasteiger partial charge in [0.25, 0.3) is 0 Å². The third-order valence-electron chi connectivity index (χ3n) is 2.77. The lowest BCUT2D eigenvalue weighted by Gasteiger charge is -2.12. The van der Waals surface area contributed by atoms with Crippen molar-refractivity contribution in [3.63, 3.8) is 0 Å². The lowest BCUT2D eigenvalue weighted by atomic mass is 9.93. The minimum Gasteiger partial charge on any atom is -0.300 e. The van der Waals surface area contributed by atoms with E-state index in [9.17, 15) is 4.79 Å². The highest BCUT2D eigenvalue weighted by atomic mass is 16.1. The van der Waals surface area contributed by atoms with Gasteiger partial charge in [0, 0.05) is 12.8 Å². The van der Waals surface area contributed by atoms with Crippen molar-refractivity contribution in [2.75, 3.05) is 0 Å². The standard InChI is InChI=1S/C10H18O/c1-3-4-5-9-7-10(11)6-8(9)2/h8-9H,3-7H2,1-2H3. The molecule has 1 aliphatic carbocycles. The molecule has 1 saturated carbocycles. The summed E-state index contributed by atoms with van der Waals surface area (Å²) < 4.78 is 0. The molecule has 2 atom stereocenters. The fraction of sp³-hybridized carbons (Fsp3) is 0.900. The molecule has 1 fully saturated rings. The summed E-state index contributed by atoms with van der Waals surface area (Å²) in [5.41, 5.74) is 0. The lowest BCUT2D eigenvalue weighted by molar-refractivity contribution is -0.117. The molecular weight excluding hydrogens is 136 g/mol. The molecule has 64 valence electrons. The Morgan fingerprint density at radius 1 is 1.45 bits per heavy atom. The second-order valence-electron chi connectivity index (χ2n) is 3.83. The van der Waals surface area contributed by atoms with Crippen molar-refractivity contribution < 1.29 is 4.79 Å². The highest BCUT2D eigenvalue weighted by molar-refractivity contribution is 5.81. The van der Waals surface area contributed by atoms with Crippen LogP contribution >= 0.6 is 0 Å². The Balaban J connectivity index is 2.28. The SMILES string of the molecule is CCCCC1CC(=O)CC1C. The van der Waals surface area contributed by atoms with Crippen LogP contribution in [0, 0.1) is 11.8 Å². The van der Waals surface area contributed by atoms with E-state index in [0.29, 0.717) is 17.6 Å². The van der Waals surface area contributed by atoms with Crippen LogP contribution in [0.1, 0.15) is 46.0 Å². The molecule has 0 spiro atoms. The average molecular weight is 154 g/mol. The summed E-state index contributed by atoms with van der Waals surface area (Å²) in [4.78, 5) is 11.0. The van der Waals surface area contributed by atoms with Crippen LogP contribution in [-0.4, -0.2) is 5.78 Å². The molecule has 1 aliphatic rings. The molecule has 0 bridgehead atoms. The van der Waals surface area contributed by atoms with Gasteiger partial charge >= 0.3 is 0 Å². The zero-order valence-electron chi connectivity index (χ0n) is 7.60. The summed E-state index contributed by atoms with van der Waals surface area (Å²) in [6, 6.07) is 0. The average Bonchev–Trinajstić information content (AvgIpc) is 2.26. The molecule has 0 heterocycles. The zero-order chi connectivity index (χ0) is 8.27. The molecule has 0 N–H and O–H groups in total. The largest absolute Gasteiger partial charge is 0.300 e. The quantitative estimate of drug-likeness (QED) is 0.611. The van der Waals surface area contributed by atoms with Crippen LogP contribution in [0.5, 0.6) is 0 Å². The van der Waals surface area contributed by atoms with Gasteiger partial charge < -0.3 is 0 Å². The Hall–Kier alpha value is -0.330. The van der Waals surface area contributed by atoms with Gasteiger partial charge in [0.15, 0.2) is 0 Å². The van der Waals surface area contributed by atoms with Gasteiger partial charge in [-0.3, -0.25) is 4.79 Å². The Morgan fingerprint density at radius 2 is 2.18 bits per heavy atom. The molecule has 0 aromatic carbocycles. The molecule has 0 saturated heterocycles. The Labute approximate surface area is 69.2 Å². The van der Waals surface area contributed by atoms with E-state index in [-0.39, 0.29) is 0 Å². The molecular formula is C10H18O. The van der Waals surface area contributed by atoms with Crippen LogP contribution in [0.15, 0.2) is 0 Å². The van der Waals surface area contributed by atoms with E-state index >= 15 is 0 Å². The highest BCUT2D eigenvalue weighted by Gasteiger charge is 2.28. The summed E-state index contributed by atoms with van der Waals surface area (Å²) in [6.07, 6.45) is 5.53. The summed E-state index contributed by atoms with van der Waals surface area (Å²) in [7, 11) is 0. The van der Waals surface area contributed by atoms with E-state index < -0.39 is 0 Å². The molecule has 2 unspecified atom stereocenters. The number of hydrogen-bond acceptors (Lipinski definition) is 1. The van der Waals surface area contributed by atoms with Crippen LogP contribution < -0.4 is 0 Å². The van der Waals surface area contributed by atoms with Gasteiger partial charge in [0.1, 0.15) is 5.78 Å². The highest BCUT2D eigenvalue weighted by Crippen LogP contribution is 2.32. The number of hydrogen-bond donors (Lipinski definition) is 0. The molecule has 11 heavy (non-hydrogen) atoms. The smallest absolute Gasteiger partial charge is 0.133 e. The molecule has 1 nitrogen and oxygen atoms in total. The van der Waals surface area contributed by atoms with Crippen LogP contribution in [0.3, 0.4) is 0 Å². The number of unbranched alkanes of at least 4 members (excludes halogenated alkanes) is 1. The second-order valence-corrected chi connectivity index (χ2v) is 3.83. The van der Waals surface area contributed by atoms with Gasteiger partial charge in [-0.1, -0.05) is 26.7 Å². The van der Waals surface area contributed by atoms with E-state index in [1.54, 1.807) is 0 Å². The predicted octanol–water partition coefficient (Wildman–Crippen LogP) is 2.79. The number of carbonyl (C=O) groups excluding carboxylic acids is 1. The van der Waals surface area contributed by atoms with E-state index in [0.717, 1.165) is 12.8 Å². The predicted molar refractivity (Wildman–Crippen MR) is 46.4 cm³/mol. The minimum absolute atomic E-state index is 0.485. The fourth-order valence-corrected chi connectivity index (χ4v) is 1.96. The summed E-state index contributed by atoms with van der Waals surface area (Å²) >= 11 is 0. The Bertz CT molecular complexity index is 140. The molecule has 0 aromatic rings. The van der Waals surface area contributed by atoms with Gasteiger partial charge in [-0.15, -0.1) is 0 Å². The number of ketones is 1. The lowest BCUT2D eigenvalue weighted by Crippen LogP contribution is -2.02. The van der Waals surface area contributed by atoms with Gasteiger partial charge in [-0.05, 0) is 18.3 Å². The van der Waals surface area contributed by atoms with Crippen molar-refractivity contribution in [3.05, 3.63) is 0 Å². The first-order valence-electron chi connectivity index (χ1n) is 4.75. The normalized spacial score (nSPS) is 31.3. The van der Waals surface area contributed by atoms with Crippen molar-refractivity contribution in [3.8, 4) is 0 Å². The molecule has 1 rings (SSSR count). The van der Waals surface area contributed by atoms with Gasteiger partial charge in [0.2, 0.25) is 0 Å². The first kappa shape index (κ1) is 8.76. The number of carbonyl (C=O) groups is 1. The van der Waals surface area contributed by atoms with Crippen molar-refractivity contribution in [1.82, 2.24) is 0 Å². The Morgan fingerprint density at radius 3 is 2.64 bits per heavy atom. The molecule has 0 radical (unpaired) electrons. The van der Waals surface area contributed by atoms with Crippen molar-refractivity contribution in [2.24, 2.45) is 11.8 Å². The van der Waals surface area contributed by atoms with Crippen molar-refractivity contribution in [2.45, 2.75) is 46.0 Å². The van der Waals surface area contributed by atoms with Crippen LogP contribution in [0.4, 0.5) is 0 Å². The molecule has 0 amide bonds. The van der Waals surface area contributed by atoms with Crippen LogP contribution in [0.2, 0.25) is 0 Å². The van der Waals surface area contributed by atoms with E-state index in [1.807, 2.05) is 0 Å². The van der Waals surface area contributed by atoms with E-state index in [2.05, 4.69) is 13.8 Å². The maximum atomic E-state index is 11.0. The second kappa shape index (κ2) is 3.89. The third kappa shape index (κ3) is 2.32. The molecule has 1 heteroatoms. The number of rotatable bonds is 3. The third-order valence-corrected chi connectivity index (χ3v) is 2.77. The maximum Gasteiger partial charge on any atom is 0.133 e. The zero-order valence-corrected chi connectivity index (χ0v) is 7.60. The Kier molecular flexibility index (Phi) is 3.10. The monoisotopic (exact) mass is 154 g/mol. The van der Waals surface area contributed by atoms with Gasteiger partial charge in [-0.2, -0.15) is 0 Å². The first-order valence-corrected chi connectivity index (χ1v) is 4.75. The van der Waals surface area contributed by atoms with Crippen LogP contribution in [0.25, 0.3) is 0 Å². The molecule has 0 aliphatic heterocycles. The summed E-state index contributed by atoms with van der Waals surface area (Å²) in [6.45, 7) is 4.42.